The van der Waals surface area contributed by atoms with Crippen molar-refractivity contribution in [3.05, 3.63) is 23.8 Å². The van der Waals surface area contributed by atoms with Gasteiger partial charge < -0.3 is 20.3 Å². The minimum absolute atomic E-state index is 0.00982. The molecular weight excluding hydrogens is 194 g/mol. The highest BCUT2D eigenvalue weighted by Crippen LogP contribution is 2.22. The molecule has 0 aliphatic heterocycles. The molecule has 0 fully saturated rings. The van der Waals surface area contributed by atoms with Gasteiger partial charge in [0.1, 0.15) is 11.5 Å². The Kier molecular flexibility index (Phi) is 4.39. The molecule has 0 amide bonds. The molecular formula is C11H17NO3. The predicted molar refractivity (Wildman–Crippen MR) is 58.0 cm³/mol. The van der Waals surface area contributed by atoms with Gasteiger partial charge in [-0.25, -0.2) is 0 Å². The number of nitrogens with one attached hydrogen (secondary N) is 1. The van der Waals surface area contributed by atoms with E-state index in [4.69, 9.17) is 9.84 Å². The molecule has 0 spiro atoms. The largest absolute Gasteiger partial charge is 0.508 e. The molecule has 0 saturated heterocycles. The number of phenols is 1. The van der Waals surface area contributed by atoms with Gasteiger partial charge in [-0.15, -0.1) is 0 Å². The smallest absolute Gasteiger partial charge is 0.120 e. The maximum Gasteiger partial charge on any atom is 0.120 e. The third-order valence-electron chi connectivity index (χ3n) is 2.20. The summed E-state index contributed by atoms with van der Waals surface area (Å²) in [5.41, 5.74) is 0.759. The lowest BCUT2D eigenvalue weighted by Crippen LogP contribution is -2.28. The lowest BCUT2D eigenvalue weighted by Gasteiger charge is -2.12. The lowest BCUT2D eigenvalue weighted by molar-refractivity contribution is 0.250. The van der Waals surface area contributed by atoms with Crippen LogP contribution < -0.4 is 10.1 Å². The zero-order valence-corrected chi connectivity index (χ0v) is 9.03. The van der Waals surface area contributed by atoms with Crippen LogP contribution in [0, 0.1) is 0 Å². The number of methoxy groups -OCH3 is 1. The maximum atomic E-state index is 9.56. The fraction of sp³-hybridized carbons (Fsp3) is 0.455. The number of hydrogen-bond donors (Lipinski definition) is 3. The van der Waals surface area contributed by atoms with Crippen molar-refractivity contribution in [3.8, 4) is 11.5 Å². The van der Waals surface area contributed by atoms with E-state index >= 15 is 0 Å². The first-order valence-corrected chi connectivity index (χ1v) is 4.87. The molecule has 1 aromatic carbocycles. The Labute approximate surface area is 89.5 Å². The average Bonchev–Trinajstić information content (AvgIpc) is 2.27. The van der Waals surface area contributed by atoms with E-state index in [-0.39, 0.29) is 18.4 Å². The monoisotopic (exact) mass is 211 g/mol. The van der Waals surface area contributed by atoms with Gasteiger partial charge in [0.25, 0.3) is 0 Å². The van der Waals surface area contributed by atoms with Crippen LogP contribution in [-0.4, -0.2) is 30.0 Å². The van der Waals surface area contributed by atoms with E-state index in [9.17, 15) is 5.11 Å². The fourth-order valence-electron chi connectivity index (χ4n) is 1.18. The molecule has 0 bridgehead atoms. The summed E-state index contributed by atoms with van der Waals surface area (Å²) in [5, 5.41) is 21.5. The lowest BCUT2D eigenvalue weighted by atomic mass is 10.2. The van der Waals surface area contributed by atoms with E-state index in [0.29, 0.717) is 12.3 Å². The van der Waals surface area contributed by atoms with Gasteiger partial charge >= 0.3 is 0 Å². The van der Waals surface area contributed by atoms with Gasteiger partial charge in [0.15, 0.2) is 0 Å². The molecule has 1 unspecified atom stereocenters. The van der Waals surface area contributed by atoms with Crippen LogP contribution in [0.3, 0.4) is 0 Å². The van der Waals surface area contributed by atoms with Gasteiger partial charge in [0.05, 0.1) is 13.7 Å². The van der Waals surface area contributed by atoms with E-state index in [1.807, 2.05) is 6.92 Å². The SMILES string of the molecule is COc1ccc(O)c(CNC(C)CO)c1. The Morgan fingerprint density at radius 2 is 2.20 bits per heavy atom. The third-order valence-corrected chi connectivity index (χ3v) is 2.20. The van der Waals surface area contributed by atoms with E-state index < -0.39 is 0 Å². The minimum atomic E-state index is 0.00982. The van der Waals surface area contributed by atoms with Crippen LogP contribution in [0.1, 0.15) is 12.5 Å². The normalized spacial score (nSPS) is 12.5. The highest BCUT2D eigenvalue weighted by atomic mass is 16.5. The molecule has 0 aliphatic rings. The van der Waals surface area contributed by atoms with Crippen LogP contribution >= 0.6 is 0 Å². The zero-order chi connectivity index (χ0) is 11.3. The van der Waals surface area contributed by atoms with E-state index in [2.05, 4.69) is 5.32 Å². The second-order valence-electron chi connectivity index (χ2n) is 3.46. The highest BCUT2D eigenvalue weighted by Gasteiger charge is 2.05. The van der Waals surface area contributed by atoms with Gasteiger partial charge in [-0.2, -0.15) is 0 Å². The molecule has 4 heteroatoms. The quantitative estimate of drug-likeness (QED) is 0.676. The van der Waals surface area contributed by atoms with Crippen molar-refractivity contribution in [2.75, 3.05) is 13.7 Å². The van der Waals surface area contributed by atoms with Crippen LogP contribution in [0.15, 0.2) is 18.2 Å². The van der Waals surface area contributed by atoms with Gasteiger partial charge in [-0.1, -0.05) is 0 Å². The van der Waals surface area contributed by atoms with Gasteiger partial charge in [0.2, 0.25) is 0 Å². The van der Waals surface area contributed by atoms with E-state index in [1.165, 1.54) is 0 Å². The summed E-state index contributed by atoms with van der Waals surface area (Å²) in [6.07, 6.45) is 0. The molecule has 15 heavy (non-hydrogen) atoms. The summed E-state index contributed by atoms with van der Waals surface area (Å²) in [5.74, 6) is 0.940. The van der Waals surface area contributed by atoms with Crippen LogP contribution in [0.25, 0.3) is 0 Å². The first kappa shape index (κ1) is 11.8. The summed E-state index contributed by atoms with van der Waals surface area (Å²) in [7, 11) is 1.58. The van der Waals surface area contributed by atoms with Crippen LogP contribution in [0.4, 0.5) is 0 Å². The number of phenolic OH excluding ortho intramolecular Hbond substituents is 1. The second kappa shape index (κ2) is 5.58. The number of benzene rings is 1. The molecule has 1 atom stereocenters. The van der Waals surface area contributed by atoms with Gasteiger partial charge in [0, 0.05) is 18.2 Å². The predicted octanol–water partition coefficient (Wildman–Crippen LogP) is 0.871. The van der Waals surface area contributed by atoms with Crippen molar-refractivity contribution in [2.45, 2.75) is 19.5 Å². The van der Waals surface area contributed by atoms with Crippen molar-refractivity contribution < 1.29 is 14.9 Å². The molecule has 4 nitrogen and oxygen atoms in total. The first-order valence-electron chi connectivity index (χ1n) is 4.87. The molecule has 0 aliphatic carbocycles. The molecule has 0 heterocycles. The van der Waals surface area contributed by atoms with Gasteiger partial charge in [-0.05, 0) is 25.1 Å². The van der Waals surface area contributed by atoms with Crippen molar-refractivity contribution >= 4 is 0 Å². The van der Waals surface area contributed by atoms with Crippen LogP contribution in [0.2, 0.25) is 0 Å². The summed E-state index contributed by atoms with van der Waals surface area (Å²) in [6.45, 7) is 2.45. The Bertz CT molecular complexity index is 315. The third kappa shape index (κ3) is 3.42. The molecule has 0 aromatic heterocycles. The number of rotatable bonds is 5. The first-order chi connectivity index (χ1) is 7.17. The van der Waals surface area contributed by atoms with E-state index in [0.717, 1.165) is 5.56 Å². The van der Waals surface area contributed by atoms with Crippen LogP contribution in [0.5, 0.6) is 11.5 Å². The van der Waals surface area contributed by atoms with E-state index in [1.54, 1.807) is 25.3 Å². The van der Waals surface area contributed by atoms with Crippen LogP contribution in [-0.2, 0) is 6.54 Å². The molecule has 0 saturated carbocycles. The Balaban J connectivity index is 2.66. The Morgan fingerprint density at radius 1 is 1.47 bits per heavy atom. The number of hydrogen-bond acceptors (Lipinski definition) is 4. The topological polar surface area (TPSA) is 61.7 Å². The zero-order valence-electron chi connectivity index (χ0n) is 9.03. The molecule has 3 N–H and O–H groups in total. The molecule has 1 rings (SSSR count). The number of aliphatic hydroxyl groups excluding tert-OH is 1. The number of aliphatic hydroxyl groups is 1. The summed E-state index contributed by atoms with van der Waals surface area (Å²) in [4.78, 5) is 0. The van der Waals surface area contributed by atoms with Crippen molar-refractivity contribution in [1.82, 2.24) is 5.32 Å². The molecule has 1 aromatic rings. The molecule has 0 radical (unpaired) electrons. The van der Waals surface area contributed by atoms with Gasteiger partial charge in [-0.3, -0.25) is 0 Å². The summed E-state index contributed by atoms with van der Waals surface area (Å²) >= 11 is 0. The number of aromatic hydroxyl groups is 1. The maximum absolute atomic E-state index is 9.56. The Hall–Kier alpha value is -1.26. The average molecular weight is 211 g/mol. The van der Waals surface area contributed by atoms with Crippen molar-refractivity contribution in [1.29, 1.82) is 0 Å². The second-order valence-corrected chi connectivity index (χ2v) is 3.46. The Morgan fingerprint density at radius 3 is 2.80 bits per heavy atom. The highest BCUT2D eigenvalue weighted by molar-refractivity contribution is 5.39. The summed E-state index contributed by atoms with van der Waals surface area (Å²) < 4.78 is 5.05. The summed E-state index contributed by atoms with van der Waals surface area (Å²) in [6, 6.07) is 5.08. The molecule has 84 valence electrons. The van der Waals surface area contributed by atoms with Crippen molar-refractivity contribution in [3.63, 3.8) is 0 Å². The standard InChI is InChI=1S/C11H17NO3/c1-8(7-13)12-6-9-5-10(15-2)3-4-11(9)14/h3-5,8,12-14H,6-7H2,1-2H3. The van der Waals surface area contributed by atoms with Crippen molar-refractivity contribution in [2.24, 2.45) is 0 Å². The number of ether oxygens (including phenoxy) is 1. The fourth-order valence-corrected chi connectivity index (χ4v) is 1.18. The minimum Gasteiger partial charge on any atom is -0.508 e.